The van der Waals surface area contributed by atoms with Crippen LogP contribution in [0.5, 0.6) is 5.75 Å². The van der Waals surface area contributed by atoms with Gasteiger partial charge in [-0.25, -0.2) is 0 Å². The molecule has 20 heavy (non-hydrogen) atoms. The van der Waals surface area contributed by atoms with E-state index in [9.17, 15) is 0 Å². The van der Waals surface area contributed by atoms with Crippen LogP contribution in [0.3, 0.4) is 0 Å². The number of hydrogen-bond donors (Lipinski definition) is 1. The fourth-order valence-corrected chi connectivity index (χ4v) is 3.13. The van der Waals surface area contributed by atoms with Gasteiger partial charge in [0.25, 0.3) is 0 Å². The number of piperidine rings is 1. The summed E-state index contributed by atoms with van der Waals surface area (Å²) in [6, 6.07) is 5.84. The molecule has 2 N–H and O–H groups in total. The van der Waals surface area contributed by atoms with E-state index in [4.69, 9.17) is 22.1 Å². The molecule has 3 rings (SSSR count). The maximum Gasteiger partial charge on any atom is 0.130 e. The van der Waals surface area contributed by atoms with Crippen molar-refractivity contribution in [2.75, 3.05) is 26.2 Å². The summed E-state index contributed by atoms with van der Waals surface area (Å²) in [5, 5.41) is 0.731. The summed E-state index contributed by atoms with van der Waals surface area (Å²) in [7, 11) is 0. The fraction of sp³-hybridized carbons (Fsp3) is 0.500. The number of nitrogens with zero attached hydrogens (tertiary/aromatic N) is 1. The normalized spacial score (nSPS) is 20.7. The van der Waals surface area contributed by atoms with Gasteiger partial charge in [0.1, 0.15) is 11.4 Å². The topological polar surface area (TPSA) is 38.5 Å². The van der Waals surface area contributed by atoms with E-state index in [1.54, 1.807) is 0 Å². The Labute approximate surface area is 125 Å². The van der Waals surface area contributed by atoms with E-state index in [1.807, 2.05) is 18.2 Å². The van der Waals surface area contributed by atoms with Gasteiger partial charge in [-0.2, -0.15) is 0 Å². The third-order valence-corrected chi connectivity index (χ3v) is 4.47. The smallest absolute Gasteiger partial charge is 0.130 e. The van der Waals surface area contributed by atoms with E-state index < -0.39 is 0 Å². The van der Waals surface area contributed by atoms with Crippen molar-refractivity contribution in [1.29, 1.82) is 0 Å². The molecule has 0 aliphatic carbocycles. The highest BCUT2D eigenvalue weighted by atomic mass is 35.5. The molecule has 1 spiro atoms. The van der Waals surface area contributed by atoms with Crippen molar-refractivity contribution >= 4 is 17.7 Å². The quantitative estimate of drug-likeness (QED) is 0.931. The van der Waals surface area contributed by atoms with Crippen LogP contribution in [0.1, 0.15) is 24.8 Å². The summed E-state index contributed by atoms with van der Waals surface area (Å²) in [5.74, 6) is 0.912. The second kappa shape index (κ2) is 5.76. The zero-order chi connectivity index (χ0) is 14.0. The number of likely N-dealkylation sites (tertiary alicyclic amines) is 1. The molecular weight excluding hydrogens is 272 g/mol. The molecule has 2 aliphatic rings. The van der Waals surface area contributed by atoms with Gasteiger partial charge in [-0.05, 0) is 43.8 Å². The summed E-state index contributed by atoms with van der Waals surface area (Å²) >= 11 is 6.06. The number of fused-ring (bicyclic) bond motifs is 1. The predicted molar refractivity (Wildman–Crippen MR) is 83.2 cm³/mol. The molecule has 0 saturated carbocycles. The Balaban J connectivity index is 1.68. The van der Waals surface area contributed by atoms with E-state index in [0.29, 0.717) is 0 Å². The van der Waals surface area contributed by atoms with Gasteiger partial charge in [-0.15, -0.1) is 0 Å². The standard InChI is InChI=1S/C16H21ClN2O/c17-14-3-2-13-4-5-16(20-15(13)12-14)6-10-19(11-7-16)9-1-8-18/h2-5,12H,1,6-11,18H2. The summed E-state index contributed by atoms with van der Waals surface area (Å²) in [4.78, 5) is 2.47. The van der Waals surface area contributed by atoms with Crippen molar-refractivity contribution in [3.05, 3.63) is 34.9 Å². The molecule has 0 atom stereocenters. The Morgan fingerprint density at radius 1 is 1.30 bits per heavy atom. The molecule has 3 nitrogen and oxygen atoms in total. The molecule has 0 aromatic heterocycles. The van der Waals surface area contributed by atoms with Crippen LogP contribution in [0.4, 0.5) is 0 Å². The molecule has 2 heterocycles. The molecule has 1 fully saturated rings. The second-order valence-electron chi connectivity index (χ2n) is 5.67. The van der Waals surface area contributed by atoms with Crippen molar-refractivity contribution in [3.63, 3.8) is 0 Å². The molecule has 0 bridgehead atoms. The van der Waals surface area contributed by atoms with Gasteiger partial charge in [0.15, 0.2) is 0 Å². The Morgan fingerprint density at radius 3 is 2.85 bits per heavy atom. The largest absolute Gasteiger partial charge is 0.482 e. The molecule has 0 amide bonds. The van der Waals surface area contributed by atoms with Crippen LogP contribution < -0.4 is 10.5 Å². The molecular formula is C16H21ClN2O. The summed E-state index contributed by atoms with van der Waals surface area (Å²) in [6.45, 7) is 4.00. The first-order valence-electron chi connectivity index (χ1n) is 7.31. The third-order valence-electron chi connectivity index (χ3n) is 4.24. The lowest BCUT2D eigenvalue weighted by molar-refractivity contribution is 0.0387. The Hall–Kier alpha value is -1.03. The van der Waals surface area contributed by atoms with E-state index in [-0.39, 0.29) is 5.60 Å². The SMILES string of the molecule is NCCCN1CCC2(C=Cc3ccc(Cl)cc3O2)CC1. The van der Waals surface area contributed by atoms with E-state index >= 15 is 0 Å². The molecule has 1 aromatic carbocycles. The predicted octanol–water partition coefficient (Wildman–Crippen LogP) is 2.93. The van der Waals surface area contributed by atoms with Crippen molar-refractivity contribution in [3.8, 4) is 5.75 Å². The molecule has 0 radical (unpaired) electrons. The fourth-order valence-electron chi connectivity index (χ4n) is 2.97. The van der Waals surface area contributed by atoms with Gasteiger partial charge in [0.05, 0.1) is 0 Å². The first-order chi connectivity index (χ1) is 9.71. The maximum atomic E-state index is 6.27. The molecule has 4 heteroatoms. The van der Waals surface area contributed by atoms with Crippen molar-refractivity contribution in [2.24, 2.45) is 5.73 Å². The molecule has 1 saturated heterocycles. The minimum atomic E-state index is -0.142. The van der Waals surface area contributed by atoms with E-state index in [2.05, 4.69) is 17.1 Å². The van der Waals surface area contributed by atoms with Crippen LogP contribution in [0.2, 0.25) is 5.02 Å². The number of rotatable bonds is 3. The lowest BCUT2D eigenvalue weighted by Crippen LogP contribution is -2.47. The summed E-state index contributed by atoms with van der Waals surface area (Å²) in [6.07, 6.45) is 7.52. The van der Waals surface area contributed by atoms with Gasteiger partial charge in [0, 0.05) is 36.5 Å². The van der Waals surface area contributed by atoms with Gasteiger partial charge in [0.2, 0.25) is 0 Å². The van der Waals surface area contributed by atoms with Crippen molar-refractivity contribution < 1.29 is 4.74 Å². The average Bonchev–Trinajstić information content (AvgIpc) is 2.46. The lowest BCUT2D eigenvalue weighted by atomic mass is 9.88. The Bertz CT molecular complexity index is 507. The average molecular weight is 293 g/mol. The lowest BCUT2D eigenvalue weighted by Gasteiger charge is -2.42. The van der Waals surface area contributed by atoms with Gasteiger partial charge in [-0.3, -0.25) is 0 Å². The van der Waals surface area contributed by atoms with Gasteiger partial charge >= 0.3 is 0 Å². The zero-order valence-corrected chi connectivity index (χ0v) is 12.4. The van der Waals surface area contributed by atoms with E-state index in [1.165, 1.54) is 0 Å². The minimum absolute atomic E-state index is 0.142. The molecule has 1 aromatic rings. The Morgan fingerprint density at radius 2 is 2.10 bits per heavy atom. The highest BCUT2D eigenvalue weighted by Gasteiger charge is 2.36. The van der Waals surface area contributed by atoms with Crippen molar-refractivity contribution in [1.82, 2.24) is 4.90 Å². The minimum Gasteiger partial charge on any atom is -0.482 e. The maximum absolute atomic E-state index is 6.27. The Kier molecular flexibility index (Phi) is 4.01. The third kappa shape index (κ3) is 2.85. The van der Waals surface area contributed by atoms with Gasteiger partial charge < -0.3 is 15.4 Å². The van der Waals surface area contributed by atoms with Gasteiger partial charge in [-0.1, -0.05) is 17.7 Å². The molecule has 0 unspecified atom stereocenters. The van der Waals surface area contributed by atoms with Crippen molar-refractivity contribution in [2.45, 2.75) is 24.9 Å². The van der Waals surface area contributed by atoms with E-state index in [0.717, 1.165) is 61.8 Å². The highest BCUT2D eigenvalue weighted by molar-refractivity contribution is 6.30. The van der Waals surface area contributed by atoms with Crippen LogP contribution in [0, 0.1) is 0 Å². The number of ether oxygens (including phenoxy) is 1. The number of benzene rings is 1. The zero-order valence-electron chi connectivity index (χ0n) is 11.6. The monoisotopic (exact) mass is 292 g/mol. The molecule has 2 aliphatic heterocycles. The van der Waals surface area contributed by atoms with Crippen LogP contribution >= 0.6 is 11.6 Å². The highest BCUT2D eigenvalue weighted by Crippen LogP contribution is 2.38. The number of nitrogens with two attached hydrogens (primary N) is 1. The van der Waals surface area contributed by atoms with Crippen LogP contribution in [0.25, 0.3) is 6.08 Å². The second-order valence-corrected chi connectivity index (χ2v) is 6.10. The van der Waals surface area contributed by atoms with Crippen LogP contribution in [-0.2, 0) is 0 Å². The van der Waals surface area contributed by atoms with Crippen LogP contribution in [0.15, 0.2) is 24.3 Å². The van der Waals surface area contributed by atoms with Crippen LogP contribution in [-0.4, -0.2) is 36.7 Å². The number of hydrogen-bond acceptors (Lipinski definition) is 3. The first kappa shape index (κ1) is 13.9. The molecule has 108 valence electrons. The summed E-state index contributed by atoms with van der Waals surface area (Å²) in [5.41, 5.74) is 6.55. The summed E-state index contributed by atoms with van der Waals surface area (Å²) < 4.78 is 6.27. The first-order valence-corrected chi connectivity index (χ1v) is 7.69. The number of halogens is 1.